The van der Waals surface area contributed by atoms with E-state index in [9.17, 15) is 36.6 Å². The van der Waals surface area contributed by atoms with Crippen molar-refractivity contribution in [2.45, 2.75) is 19.0 Å². The van der Waals surface area contributed by atoms with Crippen LogP contribution in [0.1, 0.15) is 16.5 Å². The number of carbonyl (C=O) groups is 1. The number of amides is 1. The van der Waals surface area contributed by atoms with Gasteiger partial charge in [-0.25, -0.2) is 13.5 Å². The van der Waals surface area contributed by atoms with Crippen molar-refractivity contribution in [1.82, 2.24) is 9.36 Å². The minimum atomic E-state index is -4.95. The quantitative estimate of drug-likeness (QED) is 0.365. The van der Waals surface area contributed by atoms with Crippen LogP contribution in [0.25, 0.3) is 11.3 Å². The molecule has 9 nitrogen and oxygen atoms in total. The highest BCUT2D eigenvalue weighted by Crippen LogP contribution is 2.40. The molecule has 0 saturated heterocycles. The van der Waals surface area contributed by atoms with Gasteiger partial charge in [0.2, 0.25) is 0 Å². The summed E-state index contributed by atoms with van der Waals surface area (Å²) in [6, 6.07) is 5.65. The number of anilines is 1. The monoisotopic (exact) mass is 602 g/mol. The SMILES string of the molecule is COc1cc(F)c(-c2c(NC(=O)c3ccc(OC(F)F)cc3)c(=O)n(C3N=C(CO)C=CC3C(F)(F)F)n2C)c(F)c1. The minimum Gasteiger partial charge on any atom is -0.497 e. The zero-order valence-electron chi connectivity index (χ0n) is 21.6. The summed E-state index contributed by atoms with van der Waals surface area (Å²) in [5.41, 5.74) is -4.10. The lowest BCUT2D eigenvalue weighted by Gasteiger charge is -2.29. The molecule has 2 heterocycles. The molecule has 0 aliphatic carbocycles. The molecule has 2 aromatic carbocycles. The standard InChI is InChI=1S/C26H21F7N4O5/c1-36-21(19-17(27)9-15(41-2)10-18(19)28)20(35-23(39)12-3-6-14(7-4-12)42-25(29)30)24(40)37(36)22-16(26(31,32)33)8-5-13(11-38)34-22/h3-10,16,22,25,38H,11H2,1-2H3,(H,35,39). The van der Waals surface area contributed by atoms with Crippen LogP contribution < -0.4 is 20.3 Å². The number of halogens is 7. The van der Waals surface area contributed by atoms with Crippen LogP contribution in [0.5, 0.6) is 11.5 Å². The maximum Gasteiger partial charge on any atom is 0.399 e. The van der Waals surface area contributed by atoms with Gasteiger partial charge < -0.3 is 19.9 Å². The van der Waals surface area contributed by atoms with Crippen molar-refractivity contribution in [3.8, 4) is 22.8 Å². The number of hydrogen-bond acceptors (Lipinski definition) is 6. The molecule has 1 aliphatic rings. The maximum absolute atomic E-state index is 15.2. The molecule has 1 aromatic heterocycles. The Morgan fingerprint density at radius 3 is 2.26 bits per heavy atom. The molecule has 224 valence electrons. The predicted octanol–water partition coefficient (Wildman–Crippen LogP) is 4.67. The van der Waals surface area contributed by atoms with Gasteiger partial charge in [-0.05, 0) is 30.3 Å². The average molecular weight is 602 g/mol. The third-order valence-corrected chi connectivity index (χ3v) is 6.28. The van der Waals surface area contributed by atoms with Gasteiger partial charge in [-0.15, -0.1) is 0 Å². The number of nitrogens with zero attached hydrogens (tertiary/aromatic N) is 3. The Hall–Kier alpha value is -4.60. The highest BCUT2D eigenvalue weighted by molar-refractivity contribution is 6.06. The molecule has 0 saturated carbocycles. The van der Waals surface area contributed by atoms with Crippen LogP contribution >= 0.6 is 0 Å². The second-order valence-corrected chi connectivity index (χ2v) is 8.84. The molecule has 2 unspecified atom stereocenters. The fourth-order valence-electron chi connectivity index (χ4n) is 4.37. The fraction of sp³-hybridized carbons (Fsp3) is 0.269. The second kappa shape index (κ2) is 11.7. The summed E-state index contributed by atoms with van der Waals surface area (Å²) >= 11 is 0. The summed E-state index contributed by atoms with van der Waals surface area (Å²) < 4.78 is 108. The van der Waals surface area contributed by atoms with Gasteiger partial charge in [-0.1, -0.05) is 6.08 Å². The first kappa shape index (κ1) is 30.4. The maximum atomic E-state index is 15.2. The Morgan fingerprint density at radius 1 is 1.12 bits per heavy atom. The molecular weight excluding hydrogens is 581 g/mol. The first-order valence-corrected chi connectivity index (χ1v) is 11.9. The number of aliphatic hydroxyl groups is 1. The third kappa shape index (κ3) is 5.88. The normalized spacial score (nSPS) is 16.9. The Bertz CT molecular complexity index is 1590. The van der Waals surface area contributed by atoms with E-state index in [2.05, 4.69) is 15.0 Å². The van der Waals surface area contributed by atoms with Crippen molar-refractivity contribution in [1.29, 1.82) is 0 Å². The zero-order valence-corrected chi connectivity index (χ0v) is 21.6. The van der Waals surface area contributed by atoms with Crippen LogP contribution in [0.4, 0.5) is 36.4 Å². The highest BCUT2D eigenvalue weighted by Gasteiger charge is 2.47. The molecule has 1 aliphatic heterocycles. The third-order valence-electron chi connectivity index (χ3n) is 6.28. The number of benzene rings is 2. The van der Waals surface area contributed by atoms with E-state index in [0.29, 0.717) is 15.4 Å². The first-order chi connectivity index (χ1) is 19.8. The van der Waals surface area contributed by atoms with Gasteiger partial charge in [0.05, 0.1) is 30.7 Å². The summed E-state index contributed by atoms with van der Waals surface area (Å²) in [7, 11) is 2.17. The molecular formula is C26H21F7N4O5. The van der Waals surface area contributed by atoms with Gasteiger partial charge >= 0.3 is 12.8 Å². The molecule has 16 heteroatoms. The smallest absolute Gasteiger partial charge is 0.399 e. The summed E-state index contributed by atoms with van der Waals surface area (Å²) in [4.78, 5) is 30.6. The van der Waals surface area contributed by atoms with Crippen LogP contribution in [-0.2, 0) is 7.05 Å². The lowest BCUT2D eigenvalue weighted by molar-refractivity contribution is -0.173. The molecule has 0 fully saturated rings. The fourth-order valence-corrected chi connectivity index (χ4v) is 4.37. The number of aromatic nitrogens is 2. The van der Waals surface area contributed by atoms with Crippen LogP contribution in [0.15, 0.2) is 58.3 Å². The van der Waals surface area contributed by atoms with Gasteiger partial charge in [-0.2, -0.15) is 22.0 Å². The zero-order chi connectivity index (χ0) is 30.9. The summed E-state index contributed by atoms with van der Waals surface area (Å²) in [6.45, 7) is -3.92. The van der Waals surface area contributed by atoms with Gasteiger partial charge in [0.25, 0.3) is 11.5 Å². The minimum absolute atomic E-state index is 0.214. The van der Waals surface area contributed by atoms with Crippen LogP contribution in [0.3, 0.4) is 0 Å². The number of aliphatic imine (C=N–C) groups is 1. The van der Waals surface area contributed by atoms with E-state index in [-0.39, 0.29) is 22.8 Å². The Kier molecular flexibility index (Phi) is 8.47. The Balaban J connectivity index is 1.92. The molecule has 42 heavy (non-hydrogen) atoms. The molecule has 1 amide bonds. The van der Waals surface area contributed by atoms with Crippen LogP contribution in [-0.4, -0.2) is 52.6 Å². The summed E-state index contributed by atoms with van der Waals surface area (Å²) in [5.74, 6) is -6.57. The van der Waals surface area contributed by atoms with E-state index < -0.39 is 71.5 Å². The number of rotatable bonds is 8. The number of alkyl halides is 5. The molecule has 0 spiro atoms. The molecule has 2 N–H and O–H groups in total. The molecule has 4 rings (SSSR count). The number of methoxy groups -OCH3 is 1. The van der Waals surface area contributed by atoms with Crippen molar-refractivity contribution < 1.29 is 50.1 Å². The van der Waals surface area contributed by atoms with Crippen LogP contribution in [0, 0.1) is 17.6 Å². The predicted molar refractivity (Wildman–Crippen MR) is 135 cm³/mol. The van der Waals surface area contributed by atoms with Gasteiger partial charge in [0.1, 0.15) is 34.7 Å². The van der Waals surface area contributed by atoms with E-state index in [4.69, 9.17) is 4.74 Å². The second-order valence-electron chi connectivity index (χ2n) is 8.84. The largest absolute Gasteiger partial charge is 0.497 e. The van der Waals surface area contributed by atoms with E-state index in [0.717, 1.165) is 56.6 Å². The highest BCUT2D eigenvalue weighted by atomic mass is 19.4. The van der Waals surface area contributed by atoms with E-state index >= 15 is 8.78 Å². The van der Waals surface area contributed by atoms with Crippen LogP contribution in [0.2, 0.25) is 0 Å². The Labute approximate surface area is 232 Å². The van der Waals surface area contributed by atoms with E-state index in [1.54, 1.807) is 0 Å². The van der Waals surface area contributed by atoms with Crippen molar-refractivity contribution in [3.63, 3.8) is 0 Å². The van der Waals surface area contributed by atoms with Crippen molar-refractivity contribution >= 4 is 17.3 Å². The molecule has 3 aromatic rings. The first-order valence-electron chi connectivity index (χ1n) is 11.9. The van der Waals surface area contributed by atoms with Crippen molar-refractivity contribution in [3.05, 3.63) is 76.1 Å². The number of dihydropyridines is 1. The molecule has 0 bridgehead atoms. The number of ether oxygens (including phenoxy) is 2. The summed E-state index contributed by atoms with van der Waals surface area (Å²) in [6.07, 6.45) is -5.42. The average Bonchev–Trinajstić information content (AvgIpc) is 3.15. The Morgan fingerprint density at radius 2 is 1.74 bits per heavy atom. The van der Waals surface area contributed by atoms with Gasteiger partial charge in [0.15, 0.2) is 6.17 Å². The number of aliphatic hydroxyl groups excluding tert-OH is 1. The van der Waals surface area contributed by atoms with E-state index in [1.165, 1.54) is 0 Å². The van der Waals surface area contributed by atoms with Crippen molar-refractivity contribution in [2.75, 3.05) is 19.0 Å². The number of hydrogen-bond donors (Lipinski definition) is 2. The molecule has 0 radical (unpaired) electrons. The number of carbonyl (C=O) groups excluding carboxylic acids is 1. The van der Waals surface area contributed by atoms with Gasteiger partial charge in [-0.3, -0.25) is 19.3 Å². The molecule has 2 atom stereocenters. The topological polar surface area (TPSA) is 107 Å². The lowest BCUT2D eigenvalue weighted by atomic mass is 10.0. The summed E-state index contributed by atoms with van der Waals surface area (Å²) in [5, 5.41) is 11.7. The van der Waals surface area contributed by atoms with E-state index in [1.807, 2.05) is 0 Å². The lowest BCUT2D eigenvalue weighted by Crippen LogP contribution is -2.39. The van der Waals surface area contributed by atoms with Gasteiger partial charge in [0, 0.05) is 24.7 Å². The number of nitrogens with one attached hydrogen (secondary N) is 1. The van der Waals surface area contributed by atoms with Crippen molar-refractivity contribution in [2.24, 2.45) is 18.0 Å².